The lowest BCUT2D eigenvalue weighted by Gasteiger charge is -2.39. The minimum absolute atomic E-state index is 0. The van der Waals surface area contributed by atoms with Gasteiger partial charge in [0.25, 0.3) is 5.82 Å². The number of alkyl halides is 2. The van der Waals surface area contributed by atoms with E-state index < -0.39 is 29.8 Å². The van der Waals surface area contributed by atoms with Gasteiger partial charge < -0.3 is 26.8 Å². The summed E-state index contributed by atoms with van der Waals surface area (Å²) in [5.74, 6) is -4.16. The maximum atomic E-state index is 14.2. The van der Waals surface area contributed by atoms with Gasteiger partial charge in [0.2, 0.25) is 5.92 Å². The molecule has 0 bridgehead atoms. The molecule has 0 unspecified atom stereocenters. The molecular formula is C27H30BrF3N2O3. The van der Waals surface area contributed by atoms with Crippen molar-refractivity contribution in [2.24, 2.45) is 5.92 Å². The summed E-state index contributed by atoms with van der Waals surface area (Å²) in [6.07, 6.45) is 3.47. The zero-order chi connectivity index (χ0) is 25.1. The first-order chi connectivity index (χ1) is 16.7. The quantitative estimate of drug-likeness (QED) is 0.332. The first-order valence-corrected chi connectivity index (χ1v) is 11.8. The molecular weight excluding hydrogens is 537 g/mol. The molecule has 2 aromatic carbocycles. The summed E-state index contributed by atoms with van der Waals surface area (Å²) < 4.78 is 50.9. The molecule has 1 N–H and O–H groups in total. The highest BCUT2D eigenvalue weighted by Gasteiger charge is 2.52. The van der Waals surface area contributed by atoms with Crippen molar-refractivity contribution in [1.82, 2.24) is 4.57 Å². The second-order valence-electron chi connectivity index (χ2n) is 9.21. The van der Waals surface area contributed by atoms with Crippen LogP contribution in [0.25, 0.3) is 0 Å². The summed E-state index contributed by atoms with van der Waals surface area (Å²) in [6, 6.07) is 14.5. The average molecular weight is 567 g/mol. The zero-order valence-electron chi connectivity index (χ0n) is 20.0. The van der Waals surface area contributed by atoms with Crippen LogP contribution in [0.2, 0.25) is 0 Å². The monoisotopic (exact) mass is 566 g/mol. The molecule has 0 saturated heterocycles. The van der Waals surface area contributed by atoms with Crippen LogP contribution in [0.4, 0.5) is 13.2 Å². The molecule has 3 aromatic rings. The third-order valence-electron chi connectivity index (χ3n) is 6.85. The Labute approximate surface area is 219 Å². The number of aromatic nitrogens is 2. The molecule has 1 aliphatic carbocycles. The van der Waals surface area contributed by atoms with Gasteiger partial charge in [-0.1, -0.05) is 42.5 Å². The van der Waals surface area contributed by atoms with Crippen LogP contribution in [0, 0.1) is 18.7 Å². The van der Waals surface area contributed by atoms with Crippen LogP contribution in [-0.2, 0) is 28.2 Å². The number of nitrogens with zero attached hydrogens (tertiary/aromatic N) is 2. The van der Waals surface area contributed by atoms with Crippen LogP contribution in [0.15, 0.2) is 67.0 Å². The van der Waals surface area contributed by atoms with E-state index in [1.165, 1.54) is 12.1 Å². The largest absolute Gasteiger partial charge is 1.00 e. The van der Waals surface area contributed by atoms with Crippen molar-refractivity contribution >= 4 is 5.97 Å². The molecule has 1 aliphatic rings. The summed E-state index contributed by atoms with van der Waals surface area (Å²) in [6.45, 7) is 2.78. The number of benzene rings is 2. The van der Waals surface area contributed by atoms with Gasteiger partial charge in [-0.2, -0.15) is 0 Å². The lowest BCUT2D eigenvalue weighted by molar-refractivity contribution is -0.694. The second-order valence-corrected chi connectivity index (χ2v) is 9.21. The molecule has 2 atom stereocenters. The lowest BCUT2D eigenvalue weighted by Crippen LogP contribution is -3.00. The third kappa shape index (κ3) is 6.18. The highest BCUT2D eigenvalue weighted by atomic mass is 79.9. The van der Waals surface area contributed by atoms with E-state index in [4.69, 9.17) is 4.74 Å². The van der Waals surface area contributed by atoms with Crippen molar-refractivity contribution in [2.75, 3.05) is 6.61 Å². The average Bonchev–Trinajstić information content (AvgIpc) is 3.18. The third-order valence-corrected chi connectivity index (χ3v) is 6.85. The Morgan fingerprint density at radius 1 is 1.19 bits per heavy atom. The number of aliphatic hydroxyl groups is 1. The number of imidazole rings is 1. The molecule has 194 valence electrons. The van der Waals surface area contributed by atoms with Crippen LogP contribution in [-0.4, -0.2) is 28.2 Å². The van der Waals surface area contributed by atoms with Crippen LogP contribution in [0.5, 0.6) is 0 Å². The minimum atomic E-state index is -2.92. The van der Waals surface area contributed by atoms with Crippen molar-refractivity contribution in [1.29, 1.82) is 0 Å². The molecule has 0 spiro atoms. The van der Waals surface area contributed by atoms with Gasteiger partial charge in [-0.05, 0) is 36.1 Å². The number of hydrogen-bond donors (Lipinski definition) is 1. The smallest absolute Gasteiger partial charge is 0.343 e. The Morgan fingerprint density at radius 2 is 1.89 bits per heavy atom. The SMILES string of the molecule is Cc1n(CCOC(=O)[C@](O)(c2ccccc2)[C@H]2CCCC(F)(F)C2)cc[n+]1Cc1ccc(F)cc1.[Br-]. The summed E-state index contributed by atoms with van der Waals surface area (Å²) in [7, 11) is 0. The maximum absolute atomic E-state index is 14.2. The Balaban J connectivity index is 0.00000361. The number of hydrogen-bond acceptors (Lipinski definition) is 3. The first-order valence-electron chi connectivity index (χ1n) is 11.8. The van der Waals surface area contributed by atoms with Crippen molar-refractivity contribution < 1.29 is 49.4 Å². The Kier molecular flexibility index (Phi) is 9.00. The molecule has 4 rings (SSSR count). The van der Waals surface area contributed by atoms with Gasteiger partial charge in [-0.25, -0.2) is 27.1 Å². The molecule has 5 nitrogen and oxygen atoms in total. The standard InChI is InChI=1S/C27H30F3N2O3.BrH/c1-20-31(14-15-32(20)19-21-9-11-24(28)12-10-21)16-17-35-25(33)27(34,22-6-3-2-4-7-22)23-8-5-13-26(29,30)18-23;/h2-4,6-7,9-12,14-15,23,34H,5,8,13,16-19H2,1H3;1H/q+1;/p-1/t23-,27-;/m0./s1. The molecule has 1 heterocycles. The molecule has 0 amide bonds. The minimum Gasteiger partial charge on any atom is -1.00 e. The van der Waals surface area contributed by atoms with Crippen molar-refractivity contribution in [3.8, 4) is 0 Å². The highest BCUT2D eigenvalue weighted by Crippen LogP contribution is 2.45. The van der Waals surface area contributed by atoms with E-state index >= 15 is 0 Å². The van der Waals surface area contributed by atoms with Gasteiger partial charge in [0, 0.05) is 25.7 Å². The number of rotatable bonds is 8. The Hall–Kier alpha value is -2.65. The first kappa shape index (κ1) is 27.9. The van der Waals surface area contributed by atoms with E-state index in [0.717, 1.165) is 11.4 Å². The number of carbonyl (C=O) groups excluding carboxylic acids is 1. The molecule has 1 fully saturated rings. The zero-order valence-corrected chi connectivity index (χ0v) is 21.6. The van der Waals surface area contributed by atoms with Crippen LogP contribution >= 0.6 is 0 Å². The molecule has 1 saturated carbocycles. The summed E-state index contributed by atoms with van der Waals surface area (Å²) in [4.78, 5) is 13.2. The van der Waals surface area contributed by atoms with Crippen molar-refractivity contribution in [3.63, 3.8) is 0 Å². The fourth-order valence-electron chi connectivity index (χ4n) is 4.82. The van der Waals surface area contributed by atoms with E-state index in [0.29, 0.717) is 19.5 Å². The van der Waals surface area contributed by atoms with Crippen LogP contribution in [0.1, 0.15) is 42.6 Å². The molecule has 9 heteroatoms. The van der Waals surface area contributed by atoms with E-state index in [9.17, 15) is 23.1 Å². The molecule has 1 aromatic heterocycles. The fraction of sp³-hybridized carbons (Fsp3) is 0.407. The number of esters is 1. The number of carbonyl (C=O) groups is 1. The van der Waals surface area contributed by atoms with Crippen molar-refractivity contribution in [2.45, 2.75) is 57.2 Å². The number of ether oxygens (including phenoxy) is 1. The van der Waals surface area contributed by atoms with Gasteiger partial charge in [0.05, 0.1) is 0 Å². The predicted molar refractivity (Wildman–Crippen MR) is 123 cm³/mol. The highest BCUT2D eigenvalue weighted by molar-refractivity contribution is 5.81. The van der Waals surface area contributed by atoms with E-state index in [-0.39, 0.29) is 47.8 Å². The Bertz CT molecular complexity index is 1150. The van der Waals surface area contributed by atoms with Gasteiger partial charge >= 0.3 is 5.97 Å². The van der Waals surface area contributed by atoms with E-state index in [1.54, 1.807) is 42.5 Å². The van der Waals surface area contributed by atoms with Crippen LogP contribution in [0.3, 0.4) is 0 Å². The normalized spacial score (nSPS) is 18.6. The second kappa shape index (κ2) is 11.6. The number of halogens is 4. The lowest BCUT2D eigenvalue weighted by atomic mass is 9.72. The molecule has 36 heavy (non-hydrogen) atoms. The topological polar surface area (TPSA) is 55.3 Å². The van der Waals surface area contributed by atoms with Gasteiger partial charge in [0.1, 0.15) is 37.9 Å². The summed E-state index contributed by atoms with van der Waals surface area (Å²) >= 11 is 0. The van der Waals surface area contributed by atoms with Crippen molar-refractivity contribution in [3.05, 3.63) is 89.8 Å². The van der Waals surface area contributed by atoms with Gasteiger partial charge in [-0.15, -0.1) is 0 Å². The van der Waals surface area contributed by atoms with Gasteiger partial charge in [0.15, 0.2) is 5.60 Å². The van der Waals surface area contributed by atoms with E-state index in [2.05, 4.69) is 0 Å². The summed E-state index contributed by atoms with van der Waals surface area (Å²) in [5.41, 5.74) is -0.929. The maximum Gasteiger partial charge on any atom is 0.343 e. The van der Waals surface area contributed by atoms with Crippen LogP contribution < -0.4 is 21.5 Å². The predicted octanol–water partition coefficient (Wildman–Crippen LogP) is 1.53. The van der Waals surface area contributed by atoms with Gasteiger partial charge in [-0.3, -0.25) is 0 Å². The van der Waals surface area contributed by atoms with E-state index in [1.807, 2.05) is 28.5 Å². The molecule has 0 aliphatic heterocycles. The summed E-state index contributed by atoms with van der Waals surface area (Å²) in [5, 5.41) is 11.5. The fourth-order valence-corrected chi connectivity index (χ4v) is 4.82. The Morgan fingerprint density at radius 3 is 2.56 bits per heavy atom. The molecule has 0 radical (unpaired) electrons.